The molecule has 0 saturated carbocycles. The lowest BCUT2D eigenvalue weighted by Gasteiger charge is -2.47. The summed E-state index contributed by atoms with van der Waals surface area (Å²) in [5, 5.41) is 2.09. The third-order valence-electron chi connectivity index (χ3n) is 7.42. The summed E-state index contributed by atoms with van der Waals surface area (Å²) in [7, 11) is 0. The van der Waals surface area contributed by atoms with E-state index in [0.717, 1.165) is 58.1 Å². The Balaban J connectivity index is 1.33. The van der Waals surface area contributed by atoms with E-state index < -0.39 is 6.04 Å². The average Bonchev–Trinajstić information content (AvgIpc) is 3.46. The van der Waals surface area contributed by atoms with E-state index in [-0.39, 0.29) is 17.4 Å². The van der Waals surface area contributed by atoms with Crippen molar-refractivity contribution in [3.05, 3.63) is 51.4 Å². The molecule has 8 heteroatoms. The first-order valence-electron chi connectivity index (χ1n) is 10.9. The first-order valence-corrected chi connectivity index (χ1v) is 11.7. The van der Waals surface area contributed by atoms with Crippen LogP contribution in [0.15, 0.2) is 34.6 Å². The lowest BCUT2D eigenvalue weighted by Crippen LogP contribution is -2.53. The molecule has 1 amide bonds. The number of nitrogens with zero attached hydrogens (tertiary/aromatic N) is 4. The van der Waals surface area contributed by atoms with Crippen LogP contribution in [0.1, 0.15) is 29.6 Å². The van der Waals surface area contributed by atoms with Gasteiger partial charge in [-0.25, -0.2) is 4.37 Å². The van der Waals surface area contributed by atoms with Crippen molar-refractivity contribution in [1.29, 1.82) is 0 Å². The number of amides is 1. The summed E-state index contributed by atoms with van der Waals surface area (Å²) in [6.07, 6.45) is 2.91. The minimum atomic E-state index is -0.395. The first-order chi connectivity index (χ1) is 14.7. The van der Waals surface area contributed by atoms with Gasteiger partial charge in [0.25, 0.3) is 5.56 Å². The topological polar surface area (TPSA) is 67.7 Å². The maximum absolute atomic E-state index is 13.8. The second-order valence-corrected chi connectivity index (χ2v) is 9.98. The fourth-order valence-corrected chi connectivity index (χ4v) is 6.62. The average molecular weight is 427 g/mol. The number of rotatable bonds is 3. The fourth-order valence-electron chi connectivity index (χ4n) is 6.09. The van der Waals surface area contributed by atoms with Gasteiger partial charge < -0.3 is 9.64 Å². The molecule has 0 N–H and O–H groups in total. The van der Waals surface area contributed by atoms with Crippen LogP contribution < -0.4 is 5.56 Å². The third kappa shape index (κ3) is 3.04. The predicted molar refractivity (Wildman–Crippen MR) is 112 cm³/mol. The minimum Gasteiger partial charge on any atom is -0.381 e. The molecule has 6 heterocycles. The van der Waals surface area contributed by atoms with Crippen LogP contribution in [0.25, 0.3) is 0 Å². The first kappa shape index (κ1) is 18.7. The molecule has 7 nitrogen and oxygen atoms in total. The van der Waals surface area contributed by atoms with Gasteiger partial charge in [-0.05, 0) is 29.6 Å². The molecular weight excluding hydrogens is 400 g/mol. The summed E-state index contributed by atoms with van der Waals surface area (Å²) in [6, 6.07) is 5.10. The molecule has 3 saturated heterocycles. The number of carbonyl (C=O) groups excluding carboxylic acids is 1. The van der Waals surface area contributed by atoms with Crippen LogP contribution in [0.2, 0.25) is 0 Å². The summed E-state index contributed by atoms with van der Waals surface area (Å²) >= 11 is 1.48. The van der Waals surface area contributed by atoms with Crippen molar-refractivity contribution in [2.75, 3.05) is 39.4 Å². The summed E-state index contributed by atoms with van der Waals surface area (Å²) in [5.74, 6) is 1.48. The standard InChI is InChI=1S/C22H26N4O3S/c27-20-3-1-2-19-15-4-16(8-24(7-15)6-14-5-23-30-13-14)21(26(19)20)22(28)25-9-17-11-29-12-18(17)10-25/h1-3,5,13,15-18,21H,4,6-12H2/t15-,16+,17-,18+,21-/m1/s1. The van der Waals surface area contributed by atoms with Crippen LogP contribution in [-0.2, 0) is 16.1 Å². The van der Waals surface area contributed by atoms with E-state index in [1.165, 1.54) is 17.1 Å². The van der Waals surface area contributed by atoms with E-state index in [2.05, 4.69) is 14.7 Å². The van der Waals surface area contributed by atoms with Crippen LogP contribution in [0, 0.1) is 17.8 Å². The van der Waals surface area contributed by atoms with Crippen LogP contribution in [0.5, 0.6) is 0 Å². The monoisotopic (exact) mass is 426 g/mol. The molecule has 0 radical (unpaired) electrons. The van der Waals surface area contributed by atoms with Gasteiger partial charge in [-0.1, -0.05) is 6.07 Å². The Hall–Kier alpha value is -2.03. The van der Waals surface area contributed by atoms with Gasteiger partial charge in [0.15, 0.2) is 0 Å². The summed E-state index contributed by atoms with van der Waals surface area (Å²) in [4.78, 5) is 31.1. The number of piperidine rings is 1. The number of hydrogen-bond acceptors (Lipinski definition) is 6. The Morgan fingerprint density at radius 3 is 2.73 bits per heavy atom. The van der Waals surface area contributed by atoms with Gasteiger partial charge in [0.1, 0.15) is 6.04 Å². The molecule has 2 aromatic rings. The highest BCUT2D eigenvalue weighted by atomic mass is 32.1. The maximum atomic E-state index is 13.8. The van der Waals surface area contributed by atoms with Crippen molar-refractivity contribution >= 4 is 17.4 Å². The molecule has 158 valence electrons. The molecule has 2 aromatic heterocycles. The molecule has 6 rings (SSSR count). The number of ether oxygens (including phenoxy) is 1. The van der Waals surface area contributed by atoms with E-state index in [1.807, 2.05) is 27.8 Å². The highest BCUT2D eigenvalue weighted by Crippen LogP contribution is 2.43. The summed E-state index contributed by atoms with van der Waals surface area (Å²) in [6.45, 7) is 5.64. The van der Waals surface area contributed by atoms with Crippen molar-refractivity contribution in [2.45, 2.75) is 24.9 Å². The second-order valence-electron chi connectivity index (χ2n) is 9.32. The highest BCUT2D eigenvalue weighted by Gasteiger charge is 2.47. The Kier molecular flexibility index (Phi) is 4.54. The van der Waals surface area contributed by atoms with Crippen molar-refractivity contribution in [3.8, 4) is 0 Å². The van der Waals surface area contributed by atoms with E-state index in [9.17, 15) is 9.59 Å². The lowest BCUT2D eigenvalue weighted by molar-refractivity contribution is -0.138. The van der Waals surface area contributed by atoms with Gasteiger partial charge in [-0.2, -0.15) is 0 Å². The second kappa shape index (κ2) is 7.28. The van der Waals surface area contributed by atoms with Gasteiger partial charge >= 0.3 is 0 Å². The quantitative estimate of drug-likeness (QED) is 0.745. The maximum Gasteiger partial charge on any atom is 0.251 e. The number of pyridine rings is 1. The highest BCUT2D eigenvalue weighted by molar-refractivity contribution is 7.03. The van der Waals surface area contributed by atoms with Gasteiger partial charge in [0.05, 0.1) is 13.2 Å². The number of aromatic nitrogens is 2. The molecule has 0 aromatic carbocycles. The molecule has 0 aliphatic carbocycles. The van der Waals surface area contributed by atoms with Crippen molar-refractivity contribution < 1.29 is 9.53 Å². The van der Waals surface area contributed by atoms with E-state index in [0.29, 0.717) is 17.8 Å². The van der Waals surface area contributed by atoms with Crippen LogP contribution in [0.4, 0.5) is 0 Å². The Morgan fingerprint density at radius 2 is 1.97 bits per heavy atom. The van der Waals surface area contributed by atoms with Crippen molar-refractivity contribution in [3.63, 3.8) is 0 Å². The van der Waals surface area contributed by atoms with E-state index in [1.54, 1.807) is 6.07 Å². The molecule has 5 atom stereocenters. The molecule has 0 unspecified atom stereocenters. The third-order valence-corrected chi connectivity index (χ3v) is 8.05. The SMILES string of the molecule is O=C([C@H]1[C@H]2C[C@H](CN(Cc3cnsc3)C2)c2cccc(=O)n21)N1C[C@H]2COC[C@H]2C1. The fraction of sp³-hybridized carbons (Fsp3) is 0.591. The molecule has 3 fully saturated rings. The van der Waals surface area contributed by atoms with Crippen molar-refractivity contribution in [1.82, 2.24) is 18.7 Å². The van der Waals surface area contributed by atoms with Gasteiger partial charge in [-0.3, -0.25) is 19.1 Å². The van der Waals surface area contributed by atoms with Crippen LogP contribution in [-0.4, -0.2) is 64.0 Å². The van der Waals surface area contributed by atoms with Gasteiger partial charge in [0.2, 0.25) is 5.91 Å². The van der Waals surface area contributed by atoms with Gasteiger partial charge in [0, 0.05) is 79.7 Å². The Bertz CT molecular complexity index is 994. The van der Waals surface area contributed by atoms with Crippen molar-refractivity contribution in [2.24, 2.45) is 17.8 Å². The number of hydrogen-bond donors (Lipinski definition) is 0. The molecule has 4 aliphatic heterocycles. The van der Waals surface area contributed by atoms with Crippen LogP contribution in [0.3, 0.4) is 0 Å². The Labute approximate surface area is 179 Å². The summed E-state index contributed by atoms with van der Waals surface area (Å²) < 4.78 is 11.6. The summed E-state index contributed by atoms with van der Waals surface area (Å²) in [5.41, 5.74) is 2.20. The predicted octanol–water partition coefficient (Wildman–Crippen LogP) is 1.57. The van der Waals surface area contributed by atoms with Gasteiger partial charge in [-0.15, -0.1) is 0 Å². The number of likely N-dealkylation sites (tertiary alicyclic amines) is 2. The molecule has 4 aliphatic rings. The largest absolute Gasteiger partial charge is 0.381 e. The Morgan fingerprint density at radius 1 is 1.13 bits per heavy atom. The molecule has 2 bridgehead atoms. The zero-order valence-electron chi connectivity index (χ0n) is 16.9. The number of carbonyl (C=O) groups is 1. The zero-order chi connectivity index (χ0) is 20.2. The van der Waals surface area contributed by atoms with Crippen LogP contribution >= 0.6 is 11.5 Å². The zero-order valence-corrected chi connectivity index (χ0v) is 17.7. The minimum absolute atomic E-state index is 0.0428. The number of fused-ring (bicyclic) bond motifs is 5. The molecular formula is C22H26N4O3S. The van der Waals surface area contributed by atoms with E-state index in [4.69, 9.17) is 4.74 Å². The lowest BCUT2D eigenvalue weighted by atomic mass is 9.78. The molecule has 0 spiro atoms. The molecule has 30 heavy (non-hydrogen) atoms. The normalized spacial score (nSPS) is 32.8. The van der Waals surface area contributed by atoms with E-state index >= 15 is 0 Å². The smallest absolute Gasteiger partial charge is 0.251 e.